The standard InChI is InChI=1S/C22H24N2O2S/c1-13-19(16(4)25)14(2)23-20(13)22(26)15(3)24-21(18-11-8-12-27-18)17-9-6-5-7-10-17/h5-12,15,21,23-24H,1-4H3/p+1/t15-,21-/m1/s1. The van der Waals surface area contributed by atoms with Gasteiger partial charge < -0.3 is 10.3 Å². The fraction of sp³-hybridized carbons (Fsp3) is 0.273. The Hall–Kier alpha value is -2.50. The lowest BCUT2D eigenvalue weighted by Gasteiger charge is -2.19. The number of aryl methyl sites for hydroxylation is 1. The van der Waals surface area contributed by atoms with Crippen LogP contribution in [0.25, 0.3) is 0 Å². The van der Waals surface area contributed by atoms with Gasteiger partial charge in [0, 0.05) is 16.8 Å². The van der Waals surface area contributed by atoms with Gasteiger partial charge in [-0.05, 0) is 44.7 Å². The van der Waals surface area contributed by atoms with Crippen molar-refractivity contribution in [1.29, 1.82) is 0 Å². The van der Waals surface area contributed by atoms with Crippen LogP contribution in [-0.4, -0.2) is 22.6 Å². The Balaban J connectivity index is 1.88. The van der Waals surface area contributed by atoms with Gasteiger partial charge >= 0.3 is 0 Å². The highest BCUT2D eigenvalue weighted by atomic mass is 32.1. The molecule has 2 atom stereocenters. The van der Waals surface area contributed by atoms with Crippen LogP contribution >= 0.6 is 11.3 Å². The van der Waals surface area contributed by atoms with Crippen LogP contribution in [0.3, 0.4) is 0 Å². The molecular formula is C22H25N2O2S+. The van der Waals surface area contributed by atoms with Crippen molar-refractivity contribution in [3.63, 3.8) is 0 Å². The smallest absolute Gasteiger partial charge is 0.235 e. The van der Waals surface area contributed by atoms with Gasteiger partial charge in [0.1, 0.15) is 12.1 Å². The van der Waals surface area contributed by atoms with Gasteiger partial charge in [-0.1, -0.05) is 36.4 Å². The first kappa shape index (κ1) is 19.3. The molecule has 0 spiro atoms. The van der Waals surface area contributed by atoms with Gasteiger partial charge in [0.05, 0.1) is 10.6 Å². The van der Waals surface area contributed by atoms with Gasteiger partial charge in [0.15, 0.2) is 5.78 Å². The highest BCUT2D eigenvalue weighted by molar-refractivity contribution is 7.10. The number of thiophene rings is 1. The normalized spacial score (nSPS) is 13.3. The molecule has 0 aliphatic heterocycles. The molecule has 0 unspecified atom stereocenters. The molecule has 0 radical (unpaired) electrons. The summed E-state index contributed by atoms with van der Waals surface area (Å²) in [5, 5.41) is 4.16. The summed E-state index contributed by atoms with van der Waals surface area (Å²) in [5.74, 6) is -0.00160. The Morgan fingerprint density at radius 1 is 1.07 bits per heavy atom. The van der Waals surface area contributed by atoms with Crippen LogP contribution in [0.1, 0.15) is 62.4 Å². The Morgan fingerprint density at radius 2 is 1.78 bits per heavy atom. The number of quaternary nitrogens is 1. The first-order valence-corrected chi connectivity index (χ1v) is 9.95. The second-order valence-corrected chi connectivity index (χ2v) is 7.91. The molecule has 0 aliphatic rings. The minimum atomic E-state index is -0.283. The molecule has 2 heterocycles. The van der Waals surface area contributed by atoms with E-state index in [9.17, 15) is 9.59 Å². The lowest BCUT2D eigenvalue weighted by molar-refractivity contribution is -0.703. The van der Waals surface area contributed by atoms with E-state index in [2.05, 4.69) is 33.9 Å². The van der Waals surface area contributed by atoms with E-state index in [1.807, 2.05) is 45.0 Å². The number of ketones is 2. The number of carbonyl (C=O) groups is 2. The van der Waals surface area contributed by atoms with Crippen molar-refractivity contribution in [2.24, 2.45) is 0 Å². The molecule has 140 valence electrons. The van der Waals surface area contributed by atoms with E-state index < -0.39 is 0 Å². The fourth-order valence-electron chi connectivity index (χ4n) is 3.63. The van der Waals surface area contributed by atoms with Crippen LogP contribution in [0.5, 0.6) is 0 Å². The van der Waals surface area contributed by atoms with Crippen LogP contribution in [0.4, 0.5) is 0 Å². The summed E-state index contributed by atoms with van der Waals surface area (Å²) in [6.45, 7) is 7.14. The predicted octanol–water partition coefficient (Wildman–Crippen LogP) is 3.82. The highest BCUT2D eigenvalue weighted by Crippen LogP contribution is 2.23. The summed E-state index contributed by atoms with van der Waals surface area (Å²) in [7, 11) is 0. The predicted molar refractivity (Wildman–Crippen MR) is 109 cm³/mol. The maximum absolute atomic E-state index is 13.1. The molecule has 0 bridgehead atoms. The SMILES string of the molecule is CC(=O)c1c(C)[nH]c(C(=O)[C@@H](C)[NH2+][C@H](c2ccccc2)c2cccs2)c1C. The molecule has 0 amide bonds. The zero-order valence-electron chi connectivity index (χ0n) is 16.1. The molecule has 0 fully saturated rings. The van der Waals surface area contributed by atoms with Crippen molar-refractivity contribution in [3.05, 3.63) is 80.8 Å². The number of nitrogens with one attached hydrogen (secondary N) is 1. The molecule has 5 heteroatoms. The molecule has 4 nitrogen and oxygen atoms in total. The Morgan fingerprint density at radius 3 is 2.33 bits per heavy atom. The van der Waals surface area contributed by atoms with Gasteiger partial charge in [-0.3, -0.25) is 9.59 Å². The number of H-pyrrole nitrogens is 1. The lowest BCUT2D eigenvalue weighted by Crippen LogP contribution is -2.92. The number of Topliss-reactive ketones (excluding diaryl/α,β-unsaturated/α-hetero) is 2. The van der Waals surface area contributed by atoms with Crippen molar-refractivity contribution in [1.82, 2.24) is 4.98 Å². The third-order valence-electron chi connectivity index (χ3n) is 4.94. The number of nitrogens with two attached hydrogens (primary N) is 1. The molecule has 1 aromatic carbocycles. The molecule has 27 heavy (non-hydrogen) atoms. The van der Waals surface area contributed by atoms with Crippen LogP contribution in [0.2, 0.25) is 0 Å². The molecule has 3 rings (SSSR count). The van der Waals surface area contributed by atoms with E-state index in [1.54, 1.807) is 11.3 Å². The average Bonchev–Trinajstić information content (AvgIpc) is 3.27. The van der Waals surface area contributed by atoms with Crippen LogP contribution in [0.15, 0.2) is 47.8 Å². The average molecular weight is 382 g/mol. The largest absolute Gasteiger partial charge is 0.355 e. The third-order valence-corrected chi connectivity index (χ3v) is 5.89. The number of carbonyl (C=O) groups excluding carboxylic acids is 2. The number of aromatic amines is 1. The maximum atomic E-state index is 13.1. The second kappa shape index (κ2) is 8.03. The van der Waals surface area contributed by atoms with Gasteiger partial charge in [0.25, 0.3) is 0 Å². The Labute approximate surface area is 163 Å². The first-order valence-electron chi connectivity index (χ1n) is 9.07. The quantitative estimate of drug-likeness (QED) is 0.611. The summed E-state index contributed by atoms with van der Waals surface area (Å²) in [6.07, 6.45) is 0. The fourth-order valence-corrected chi connectivity index (χ4v) is 4.46. The maximum Gasteiger partial charge on any atom is 0.235 e. The highest BCUT2D eigenvalue weighted by Gasteiger charge is 2.29. The van der Waals surface area contributed by atoms with Crippen molar-refractivity contribution in [3.8, 4) is 0 Å². The summed E-state index contributed by atoms with van der Waals surface area (Å²) in [5.41, 5.74) is 3.84. The summed E-state index contributed by atoms with van der Waals surface area (Å²) in [6, 6.07) is 14.1. The summed E-state index contributed by atoms with van der Waals surface area (Å²) < 4.78 is 0. The van der Waals surface area contributed by atoms with E-state index in [0.29, 0.717) is 11.3 Å². The van der Waals surface area contributed by atoms with Crippen LogP contribution in [0, 0.1) is 13.8 Å². The summed E-state index contributed by atoms with van der Waals surface area (Å²) in [4.78, 5) is 29.3. The number of hydrogen-bond acceptors (Lipinski definition) is 3. The second-order valence-electron chi connectivity index (χ2n) is 6.93. The van der Waals surface area contributed by atoms with Crippen LogP contribution in [-0.2, 0) is 0 Å². The Bertz CT molecular complexity index is 942. The van der Waals surface area contributed by atoms with Gasteiger partial charge in [-0.15, -0.1) is 11.3 Å². The summed E-state index contributed by atoms with van der Waals surface area (Å²) >= 11 is 1.69. The number of hydrogen-bond donors (Lipinski definition) is 2. The molecule has 0 aliphatic carbocycles. The third kappa shape index (κ3) is 3.94. The number of rotatable bonds is 7. The molecule has 2 aromatic heterocycles. The van der Waals surface area contributed by atoms with Crippen molar-refractivity contribution >= 4 is 22.9 Å². The molecule has 0 saturated carbocycles. The van der Waals surface area contributed by atoms with Crippen molar-refractivity contribution in [2.75, 3.05) is 0 Å². The molecular weight excluding hydrogens is 356 g/mol. The van der Waals surface area contributed by atoms with Gasteiger partial charge in [0.2, 0.25) is 5.78 Å². The van der Waals surface area contributed by atoms with E-state index in [0.717, 1.165) is 11.3 Å². The van der Waals surface area contributed by atoms with Gasteiger partial charge in [-0.25, -0.2) is 0 Å². The topological polar surface area (TPSA) is 66.5 Å². The Kier molecular flexibility index (Phi) is 5.73. The minimum Gasteiger partial charge on any atom is -0.355 e. The zero-order chi connectivity index (χ0) is 19.6. The first-order chi connectivity index (χ1) is 12.9. The zero-order valence-corrected chi connectivity index (χ0v) is 16.9. The molecule has 0 saturated heterocycles. The van der Waals surface area contributed by atoms with Crippen molar-refractivity contribution < 1.29 is 14.9 Å². The molecule has 3 N–H and O–H groups in total. The van der Waals surface area contributed by atoms with Gasteiger partial charge in [-0.2, -0.15) is 0 Å². The van der Waals surface area contributed by atoms with Crippen LogP contribution < -0.4 is 5.32 Å². The van der Waals surface area contributed by atoms with E-state index in [4.69, 9.17) is 0 Å². The number of benzene rings is 1. The monoisotopic (exact) mass is 381 g/mol. The van der Waals surface area contributed by atoms with E-state index in [-0.39, 0.29) is 23.7 Å². The number of aromatic nitrogens is 1. The van der Waals surface area contributed by atoms with Crippen molar-refractivity contribution in [2.45, 2.75) is 39.8 Å². The van der Waals surface area contributed by atoms with E-state index >= 15 is 0 Å². The minimum absolute atomic E-state index is 0.0144. The lowest BCUT2D eigenvalue weighted by atomic mass is 10.0. The van der Waals surface area contributed by atoms with E-state index in [1.165, 1.54) is 17.4 Å². The molecule has 3 aromatic rings.